The number of nitrogens with zero attached hydrogens (tertiary/aromatic N) is 2. The van der Waals surface area contributed by atoms with Gasteiger partial charge in [-0.15, -0.1) is 0 Å². The van der Waals surface area contributed by atoms with Gasteiger partial charge in [-0.2, -0.15) is 5.26 Å². The van der Waals surface area contributed by atoms with Gasteiger partial charge < -0.3 is 5.11 Å². The van der Waals surface area contributed by atoms with Gasteiger partial charge in [0.1, 0.15) is 6.07 Å². The molecule has 0 unspecified atom stereocenters. The Labute approximate surface area is 93.3 Å². The Kier molecular flexibility index (Phi) is 3.30. The highest BCUT2D eigenvalue weighted by atomic mass is 35.7. The highest BCUT2D eigenvalue weighted by Crippen LogP contribution is 2.31. The van der Waals surface area contributed by atoms with Gasteiger partial charge in [0.2, 0.25) is 0 Å². The SMILES string of the molecule is N#Cc1cc(S(=O)(=O)Cl)nc(C(F)F)c1O. The van der Waals surface area contributed by atoms with Gasteiger partial charge in [-0.25, -0.2) is 22.2 Å². The Morgan fingerprint density at radius 3 is 2.50 bits per heavy atom. The molecule has 0 fully saturated rings. The lowest BCUT2D eigenvalue weighted by molar-refractivity contribution is 0.141. The van der Waals surface area contributed by atoms with E-state index in [1.165, 1.54) is 6.07 Å². The molecular weight excluding hydrogens is 266 g/mol. The van der Waals surface area contributed by atoms with Gasteiger partial charge in [-0.1, -0.05) is 0 Å². The second-order valence-electron chi connectivity index (χ2n) is 2.59. The Morgan fingerprint density at radius 1 is 1.56 bits per heavy atom. The van der Waals surface area contributed by atoms with Crippen LogP contribution in [-0.4, -0.2) is 18.5 Å². The maximum absolute atomic E-state index is 12.3. The van der Waals surface area contributed by atoms with Crippen molar-refractivity contribution in [1.29, 1.82) is 5.26 Å². The first-order chi connectivity index (χ1) is 7.27. The van der Waals surface area contributed by atoms with Crippen LogP contribution in [0.3, 0.4) is 0 Å². The molecule has 0 aromatic carbocycles. The molecule has 0 aliphatic rings. The van der Waals surface area contributed by atoms with Crippen LogP contribution in [0.15, 0.2) is 11.1 Å². The van der Waals surface area contributed by atoms with Gasteiger partial charge in [-0.3, -0.25) is 0 Å². The van der Waals surface area contributed by atoms with Gasteiger partial charge in [-0.05, 0) is 6.07 Å². The van der Waals surface area contributed by atoms with Crippen molar-refractivity contribution < 1.29 is 22.3 Å². The van der Waals surface area contributed by atoms with Crippen molar-refractivity contribution in [3.8, 4) is 11.8 Å². The monoisotopic (exact) mass is 268 g/mol. The molecule has 1 aromatic rings. The van der Waals surface area contributed by atoms with E-state index in [-0.39, 0.29) is 0 Å². The number of halogens is 3. The zero-order chi connectivity index (χ0) is 12.5. The van der Waals surface area contributed by atoms with Crippen molar-refractivity contribution >= 4 is 19.7 Å². The summed E-state index contributed by atoms with van der Waals surface area (Å²) in [4.78, 5) is 2.98. The normalized spacial score (nSPS) is 11.4. The molecule has 0 saturated carbocycles. The molecule has 86 valence electrons. The van der Waals surface area contributed by atoms with E-state index in [0.717, 1.165) is 0 Å². The summed E-state index contributed by atoms with van der Waals surface area (Å²) in [5.41, 5.74) is -1.83. The quantitative estimate of drug-likeness (QED) is 0.821. The number of alkyl halides is 2. The Hall–Kier alpha value is -1.46. The number of aromatic nitrogens is 1. The molecule has 9 heteroatoms. The smallest absolute Gasteiger partial charge is 0.284 e. The second-order valence-corrected chi connectivity index (χ2v) is 5.11. The predicted molar refractivity (Wildman–Crippen MR) is 48.6 cm³/mol. The number of rotatable bonds is 2. The van der Waals surface area contributed by atoms with Crippen LogP contribution in [0.2, 0.25) is 0 Å². The molecule has 0 amide bonds. The Morgan fingerprint density at radius 2 is 2.12 bits per heavy atom. The lowest BCUT2D eigenvalue weighted by Crippen LogP contribution is -2.02. The van der Waals surface area contributed by atoms with Crippen LogP contribution in [0.5, 0.6) is 5.75 Å². The zero-order valence-electron chi connectivity index (χ0n) is 7.35. The fourth-order valence-corrected chi connectivity index (χ4v) is 1.60. The van der Waals surface area contributed by atoms with Crippen LogP contribution in [-0.2, 0) is 9.05 Å². The van der Waals surface area contributed by atoms with Crippen molar-refractivity contribution in [1.82, 2.24) is 4.98 Å². The minimum atomic E-state index is -4.34. The largest absolute Gasteiger partial charge is 0.505 e. The number of aromatic hydroxyl groups is 1. The summed E-state index contributed by atoms with van der Waals surface area (Å²) in [6.07, 6.45) is -3.22. The van der Waals surface area contributed by atoms with Crippen LogP contribution in [0.1, 0.15) is 17.7 Å². The van der Waals surface area contributed by atoms with Gasteiger partial charge in [0.25, 0.3) is 15.5 Å². The summed E-state index contributed by atoms with van der Waals surface area (Å²) in [6, 6.07) is 1.97. The third-order valence-corrected chi connectivity index (χ3v) is 2.76. The van der Waals surface area contributed by atoms with Crippen molar-refractivity contribution in [2.75, 3.05) is 0 Å². The third-order valence-electron chi connectivity index (χ3n) is 1.57. The van der Waals surface area contributed by atoms with E-state index in [2.05, 4.69) is 4.98 Å². The summed E-state index contributed by atoms with van der Waals surface area (Å²) >= 11 is 0. The highest BCUT2D eigenvalue weighted by molar-refractivity contribution is 8.13. The number of pyridine rings is 1. The van der Waals surface area contributed by atoms with Gasteiger partial charge in [0.15, 0.2) is 16.5 Å². The zero-order valence-corrected chi connectivity index (χ0v) is 8.93. The van der Waals surface area contributed by atoms with Crippen molar-refractivity contribution in [2.45, 2.75) is 11.5 Å². The lowest BCUT2D eigenvalue weighted by atomic mass is 10.2. The predicted octanol–water partition coefficient (Wildman–Crippen LogP) is 1.52. The highest BCUT2D eigenvalue weighted by Gasteiger charge is 2.23. The maximum atomic E-state index is 12.3. The minimum Gasteiger partial charge on any atom is -0.505 e. The van der Waals surface area contributed by atoms with E-state index in [0.29, 0.717) is 6.07 Å². The molecule has 5 nitrogen and oxygen atoms in total. The molecule has 0 aliphatic carbocycles. The number of nitriles is 1. The first kappa shape index (κ1) is 12.6. The molecule has 1 aromatic heterocycles. The van der Waals surface area contributed by atoms with Crippen molar-refractivity contribution in [3.05, 3.63) is 17.3 Å². The standard InChI is InChI=1S/C7H3ClF2N2O3S/c8-16(14,15)4-1-3(2-11)6(13)5(12-4)7(9)10/h1,7,13H. The summed E-state index contributed by atoms with van der Waals surface area (Å²) in [6.45, 7) is 0. The second kappa shape index (κ2) is 4.19. The average Bonchev–Trinajstić information content (AvgIpc) is 2.15. The molecule has 0 atom stereocenters. The molecule has 0 radical (unpaired) electrons. The van der Waals surface area contributed by atoms with E-state index < -0.39 is 37.5 Å². The molecule has 1 heterocycles. The molecule has 0 bridgehead atoms. The first-order valence-electron chi connectivity index (χ1n) is 3.64. The fraction of sp³-hybridized carbons (Fsp3) is 0.143. The van der Waals surface area contributed by atoms with E-state index in [1.807, 2.05) is 0 Å². The third kappa shape index (κ3) is 2.37. The van der Waals surface area contributed by atoms with E-state index in [9.17, 15) is 17.2 Å². The van der Waals surface area contributed by atoms with Crippen molar-refractivity contribution in [2.24, 2.45) is 0 Å². The minimum absolute atomic E-state index is 0.615. The van der Waals surface area contributed by atoms with Gasteiger partial charge >= 0.3 is 0 Å². The van der Waals surface area contributed by atoms with Crippen LogP contribution < -0.4 is 0 Å². The van der Waals surface area contributed by atoms with Crippen molar-refractivity contribution in [3.63, 3.8) is 0 Å². The summed E-state index contributed by atoms with van der Waals surface area (Å²) < 4.78 is 46.4. The molecule has 0 aliphatic heterocycles. The molecule has 1 rings (SSSR count). The van der Waals surface area contributed by atoms with E-state index >= 15 is 0 Å². The van der Waals surface area contributed by atoms with Crippen LogP contribution in [0.4, 0.5) is 8.78 Å². The maximum Gasteiger partial charge on any atom is 0.284 e. The topological polar surface area (TPSA) is 91.0 Å². The molecular formula is C7H3ClF2N2O3S. The van der Waals surface area contributed by atoms with E-state index in [4.69, 9.17) is 21.1 Å². The lowest BCUT2D eigenvalue weighted by Gasteiger charge is -2.05. The fourth-order valence-electron chi connectivity index (χ4n) is 0.896. The summed E-state index contributed by atoms with van der Waals surface area (Å²) in [5.74, 6) is -1.05. The van der Waals surface area contributed by atoms with Crippen LogP contribution in [0, 0.1) is 11.3 Å². The van der Waals surface area contributed by atoms with Crippen LogP contribution in [0.25, 0.3) is 0 Å². The van der Waals surface area contributed by atoms with Gasteiger partial charge in [0.05, 0.1) is 5.56 Å². The van der Waals surface area contributed by atoms with E-state index in [1.54, 1.807) is 0 Å². The Bertz CT molecular complexity index is 568. The van der Waals surface area contributed by atoms with Gasteiger partial charge in [0, 0.05) is 10.7 Å². The van der Waals surface area contributed by atoms with Crippen LogP contribution >= 0.6 is 10.7 Å². The molecule has 16 heavy (non-hydrogen) atoms. The summed E-state index contributed by atoms with van der Waals surface area (Å²) in [5, 5.41) is 16.7. The first-order valence-corrected chi connectivity index (χ1v) is 5.95. The number of hydrogen-bond acceptors (Lipinski definition) is 5. The number of hydrogen-bond donors (Lipinski definition) is 1. The molecule has 1 N–H and O–H groups in total. The average molecular weight is 269 g/mol. The molecule has 0 saturated heterocycles. The Balaban J connectivity index is 3.61. The molecule has 0 spiro atoms. The summed E-state index contributed by atoms with van der Waals surface area (Å²) in [7, 11) is 0.548.